The van der Waals surface area contributed by atoms with Gasteiger partial charge in [0, 0.05) is 17.5 Å². The van der Waals surface area contributed by atoms with Gasteiger partial charge in [0.2, 0.25) is 11.8 Å². The number of hydrogen-bond donors (Lipinski definition) is 2. The number of nitrogens with one attached hydrogen (secondary N) is 2. The van der Waals surface area contributed by atoms with Crippen LogP contribution in [0.1, 0.15) is 13.3 Å². The molecule has 26 heavy (non-hydrogen) atoms. The summed E-state index contributed by atoms with van der Waals surface area (Å²) in [5, 5.41) is 16.2. The van der Waals surface area contributed by atoms with Crippen LogP contribution in [-0.2, 0) is 9.59 Å². The standard InChI is InChI=1S/C19H18N4O2S/c1-2-17(24)21-16-10-11-19(23-22-16)26-12-18(25)20-15-9-5-7-13-6-3-4-8-14(13)15/h3-11H,2,12H2,1H3,(H,20,25)(H,21,22,24). The zero-order valence-electron chi connectivity index (χ0n) is 14.2. The maximum Gasteiger partial charge on any atom is 0.234 e. The molecule has 0 spiro atoms. The summed E-state index contributed by atoms with van der Waals surface area (Å²) in [6.45, 7) is 1.77. The minimum Gasteiger partial charge on any atom is -0.325 e. The van der Waals surface area contributed by atoms with Gasteiger partial charge >= 0.3 is 0 Å². The number of thioether (sulfide) groups is 1. The van der Waals surface area contributed by atoms with Crippen LogP contribution in [0.5, 0.6) is 0 Å². The maximum atomic E-state index is 12.2. The highest BCUT2D eigenvalue weighted by molar-refractivity contribution is 7.99. The van der Waals surface area contributed by atoms with Crippen molar-refractivity contribution in [2.45, 2.75) is 18.4 Å². The fraction of sp³-hybridized carbons (Fsp3) is 0.158. The molecular weight excluding hydrogens is 348 g/mol. The van der Waals surface area contributed by atoms with E-state index in [1.165, 1.54) is 11.8 Å². The highest BCUT2D eigenvalue weighted by Crippen LogP contribution is 2.23. The Labute approximate surface area is 155 Å². The molecule has 0 aliphatic heterocycles. The average molecular weight is 366 g/mol. The Morgan fingerprint density at radius 2 is 1.73 bits per heavy atom. The molecule has 2 aromatic carbocycles. The van der Waals surface area contributed by atoms with Gasteiger partial charge in [0.1, 0.15) is 5.03 Å². The van der Waals surface area contributed by atoms with Gasteiger partial charge in [-0.3, -0.25) is 9.59 Å². The zero-order valence-corrected chi connectivity index (χ0v) is 15.0. The van der Waals surface area contributed by atoms with E-state index in [9.17, 15) is 9.59 Å². The van der Waals surface area contributed by atoms with Crippen molar-refractivity contribution in [3.8, 4) is 0 Å². The molecule has 3 aromatic rings. The van der Waals surface area contributed by atoms with E-state index < -0.39 is 0 Å². The second-order valence-electron chi connectivity index (χ2n) is 5.52. The molecule has 6 nitrogen and oxygen atoms in total. The third-order valence-electron chi connectivity index (χ3n) is 3.64. The first-order valence-corrected chi connectivity index (χ1v) is 9.18. The lowest BCUT2D eigenvalue weighted by atomic mass is 10.1. The van der Waals surface area contributed by atoms with Crippen LogP contribution in [0, 0.1) is 0 Å². The number of fused-ring (bicyclic) bond motifs is 1. The van der Waals surface area contributed by atoms with Gasteiger partial charge in [0.15, 0.2) is 5.82 Å². The van der Waals surface area contributed by atoms with E-state index in [1.807, 2.05) is 42.5 Å². The van der Waals surface area contributed by atoms with Crippen LogP contribution in [0.15, 0.2) is 59.6 Å². The van der Waals surface area contributed by atoms with Gasteiger partial charge in [-0.15, -0.1) is 10.2 Å². The minimum atomic E-state index is -0.117. The molecule has 0 bridgehead atoms. The molecule has 0 radical (unpaired) electrons. The molecule has 0 aliphatic carbocycles. The van der Waals surface area contributed by atoms with Gasteiger partial charge in [0.25, 0.3) is 0 Å². The van der Waals surface area contributed by atoms with Gasteiger partial charge in [0.05, 0.1) is 5.75 Å². The van der Waals surface area contributed by atoms with Crippen molar-refractivity contribution in [1.29, 1.82) is 0 Å². The van der Waals surface area contributed by atoms with Crippen LogP contribution in [0.3, 0.4) is 0 Å². The van der Waals surface area contributed by atoms with E-state index in [4.69, 9.17) is 0 Å². The van der Waals surface area contributed by atoms with Crippen LogP contribution in [0.4, 0.5) is 11.5 Å². The highest BCUT2D eigenvalue weighted by atomic mass is 32.2. The van der Waals surface area contributed by atoms with Crippen LogP contribution >= 0.6 is 11.8 Å². The number of aromatic nitrogens is 2. The summed E-state index contributed by atoms with van der Waals surface area (Å²) < 4.78 is 0. The van der Waals surface area contributed by atoms with E-state index in [0.29, 0.717) is 17.3 Å². The van der Waals surface area contributed by atoms with Gasteiger partial charge in [-0.1, -0.05) is 55.1 Å². The number of nitrogens with zero attached hydrogens (tertiary/aromatic N) is 2. The molecule has 2 N–H and O–H groups in total. The Hall–Kier alpha value is -2.93. The Kier molecular flexibility index (Phi) is 5.80. The number of benzene rings is 2. The molecule has 0 saturated carbocycles. The predicted molar refractivity (Wildman–Crippen MR) is 104 cm³/mol. The minimum absolute atomic E-state index is 0.114. The first kappa shape index (κ1) is 17.9. The topological polar surface area (TPSA) is 84.0 Å². The number of carbonyl (C=O) groups is 2. The van der Waals surface area contributed by atoms with Gasteiger partial charge in [-0.25, -0.2) is 0 Å². The molecule has 2 amide bonds. The summed E-state index contributed by atoms with van der Waals surface area (Å²) in [7, 11) is 0. The lowest BCUT2D eigenvalue weighted by Gasteiger charge is -2.08. The molecule has 0 fully saturated rings. The summed E-state index contributed by atoms with van der Waals surface area (Å²) >= 11 is 1.29. The summed E-state index contributed by atoms with van der Waals surface area (Å²) in [4.78, 5) is 23.6. The van der Waals surface area contributed by atoms with Crippen LogP contribution in [-0.4, -0.2) is 27.8 Å². The van der Waals surface area contributed by atoms with Crippen LogP contribution < -0.4 is 10.6 Å². The van der Waals surface area contributed by atoms with Crippen molar-refractivity contribution >= 4 is 45.9 Å². The molecule has 3 rings (SSSR count). The largest absolute Gasteiger partial charge is 0.325 e. The Morgan fingerprint density at radius 1 is 0.923 bits per heavy atom. The summed E-state index contributed by atoms with van der Waals surface area (Å²) in [5.41, 5.74) is 0.789. The van der Waals surface area contributed by atoms with Gasteiger partial charge in [-0.2, -0.15) is 0 Å². The van der Waals surface area contributed by atoms with Crippen LogP contribution in [0.2, 0.25) is 0 Å². The lowest BCUT2D eigenvalue weighted by Crippen LogP contribution is -2.14. The van der Waals surface area contributed by atoms with E-state index in [1.54, 1.807) is 19.1 Å². The molecule has 7 heteroatoms. The van der Waals surface area contributed by atoms with Crippen LogP contribution in [0.25, 0.3) is 10.8 Å². The molecule has 0 unspecified atom stereocenters. The molecule has 0 atom stereocenters. The molecule has 0 saturated heterocycles. The average Bonchev–Trinajstić information content (AvgIpc) is 2.67. The van der Waals surface area contributed by atoms with Crippen molar-refractivity contribution in [3.05, 3.63) is 54.6 Å². The molecule has 1 heterocycles. The van der Waals surface area contributed by atoms with Gasteiger partial charge in [-0.05, 0) is 23.6 Å². The van der Waals surface area contributed by atoms with E-state index in [0.717, 1.165) is 16.5 Å². The Bertz CT molecular complexity index is 923. The second kappa shape index (κ2) is 8.44. The third kappa shape index (κ3) is 4.58. The van der Waals surface area contributed by atoms with Crippen molar-refractivity contribution in [3.63, 3.8) is 0 Å². The fourth-order valence-electron chi connectivity index (χ4n) is 2.36. The van der Waals surface area contributed by atoms with Crippen molar-refractivity contribution < 1.29 is 9.59 Å². The van der Waals surface area contributed by atoms with E-state index >= 15 is 0 Å². The zero-order chi connectivity index (χ0) is 18.4. The first-order valence-electron chi connectivity index (χ1n) is 8.19. The van der Waals surface area contributed by atoms with Crippen molar-refractivity contribution in [2.75, 3.05) is 16.4 Å². The maximum absolute atomic E-state index is 12.2. The van der Waals surface area contributed by atoms with Crippen molar-refractivity contribution in [2.24, 2.45) is 0 Å². The van der Waals surface area contributed by atoms with Gasteiger partial charge < -0.3 is 10.6 Å². The number of carbonyl (C=O) groups excluding carboxylic acids is 2. The summed E-state index contributed by atoms with van der Waals surface area (Å²) in [5.74, 6) is 0.394. The molecule has 1 aromatic heterocycles. The number of hydrogen-bond acceptors (Lipinski definition) is 5. The quantitative estimate of drug-likeness (QED) is 0.650. The second-order valence-corrected chi connectivity index (χ2v) is 6.52. The fourth-order valence-corrected chi connectivity index (χ4v) is 2.97. The number of amides is 2. The lowest BCUT2D eigenvalue weighted by molar-refractivity contribution is -0.116. The predicted octanol–water partition coefficient (Wildman–Crippen LogP) is 3.71. The molecule has 132 valence electrons. The highest BCUT2D eigenvalue weighted by Gasteiger charge is 2.08. The number of anilines is 2. The first-order chi connectivity index (χ1) is 12.7. The van der Waals surface area contributed by atoms with E-state index in [-0.39, 0.29) is 17.6 Å². The smallest absolute Gasteiger partial charge is 0.234 e. The summed E-state index contributed by atoms with van der Waals surface area (Å²) in [6.07, 6.45) is 0.381. The Balaban J connectivity index is 1.58. The monoisotopic (exact) mass is 366 g/mol. The Morgan fingerprint density at radius 3 is 2.50 bits per heavy atom. The summed E-state index contributed by atoms with van der Waals surface area (Å²) in [6, 6.07) is 17.1. The van der Waals surface area contributed by atoms with Crippen molar-refractivity contribution in [1.82, 2.24) is 10.2 Å². The van der Waals surface area contributed by atoms with E-state index in [2.05, 4.69) is 20.8 Å². The SMILES string of the molecule is CCC(=O)Nc1ccc(SCC(=O)Nc2cccc3ccccc23)nn1. The number of rotatable bonds is 6. The molecule has 0 aliphatic rings. The normalized spacial score (nSPS) is 10.5. The third-order valence-corrected chi connectivity index (χ3v) is 4.56. The molecular formula is C19H18N4O2S.